The van der Waals surface area contributed by atoms with Crippen molar-refractivity contribution < 1.29 is 4.42 Å². The largest absolute Gasteiger partial charge is 0.456 e. The van der Waals surface area contributed by atoms with Gasteiger partial charge in [0.1, 0.15) is 11.2 Å². The Morgan fingerprint density at radius 2 is 1.43 bits per heavy atom. The second-order valence-corrected chi connectivity index (χ2v) is 16.6. The molecule has 1 aliphatic heterocycles. The second kappa shape index (κ2) is 12.6. The van der Waals surface area contributed by atoms with Gasteiger partial charge in [-0.2, -0.15) is 0 Å². The molecule has 3 aliphatic carbocycles. The predicted octanol–water partition coefficient (Wildman–Crippen LogP) is 14.2. The molecule has 0 fully saturated rings. The number of para-hydroxylation sites is 1. The molecule has 0 N–H and O–H groups in total. The van der Waals surface area contributed by atoms with E-state index in [0.29, 0.717) is 18.0 Å². The summed E-state index contributed by atoms with van der Waals surface area (Å²) in [4.78, 5) is 5.15. The van der Waals surface area contributed by atoms with Crippen LogP contribution in [0.2, 0.25) is 0 Å². The van der Waals surface area contributed by atoms with Gasteiger partial charge in [-0.25, -0.2) is 0 Å². The fourth-order valence-corrected chi connectivity index (χ4v) is 11.0. The number of furan rings is 1. The molecule has 8 aromatic rings. The van der Waals surface area contributed by atoms with E-state index in [9.17, 15) is 0 Å². The fourth-order valence-electron chi connectivity index (χ4n) is 9.86. The van der Waals surface area contributed by atoms with Gasteiger partial charge < -0.3 is 14.2 Å². The van der Waals surface area contributed by atoms with Gasteiger partial charge in [-0.05, 0) is 71.8 Å². The molecule has 0 bridgehead atoms. The summed E-state index contributed by atoms with van der Waals surface area (Å²) >= 11 is 1.88. The van der Waals surface area contributed by atoms with Crippen LogP contribution in [-0.4, -0.2) is 12.1 Å². The van der Waals surface area contributed by atoms with Gasteiger partial charge in [0, 0.05) is 71.3 Å². The Kier molecular flexibility index (Phi) is 7.18. The molecule has 3 heterocycles. The second-order valence-electron chi connectivity index (χ2n) is 15.5. The van der Waals surface area contributed by atoms with E-state index in [4.69, 9.17) is 4.42 Å². The first-order chi connectivity index (χ1) is 27.8. The highest BCUT2D eigenvalue weighted by Crippen LogP contribution is 2.49. The molecule has 0 spiro atoms. The average Bonchev–Trinajstić information content (AvgIpc) is 3.93. The lowest BCUT2D eigenvalue weighted by Crippen LogP contribution is -2.40. The molecule has 6 aromatic carbocycles. The van der Waals surface area contributed by atoms with Crippen LogP contribution in [0.3, 0.4) is 0 Å². The van der Waals surface area contributed by atoms with Crippen LogP contribution in [0.15, 0.2) is 192 Å². The SMILES string of the molecule is C1=CCC(N2c3cc(C4C=C(N(c5ccc6c(c5)oc5ccccc56)c5cc6sc7ccccc7c6c6ccccc56)C=CC4)ccc3C3C=CC=CC32)C=C1. The Balaban J connectivity index is 1.04. The molecule has 2 aromatic heterocycles. The molecule has 4 aliphatic rings. The van der Waals surface area contributed by atoms with Crippen LogP contribution in [0.1, 0.15) is 35.8 Å². The van der Waals surface area contributed by atoms with Crippen molar-refractivity contribution in [2.24, 2.45) is 0 Å². The van der Waals surface area contributed by atoms with Crippen LogP contribution in [0.5, 0.6) is 0 Å². The highest BCUT2D eigenvalue weighted by Gasteiger charge is 2.39. The summed E-state index contributed by atoms with van der Waals surface area (Å²) in [5.74, 6) is 0.593. The minimum atomic E-state index is 0.217. The molecule has 4 heteroatoms. The molecular formula is C52H38N2OS. The van der Waals surface area contributed by atoms with Crippen molar-refractivity contribution in [1.82, 2.24) is 0 Å². The van der Waals surface area contributed by atoms with E-state index >= 15 is 0 Å². The van der Waals surface area contributed by atoms with E-state index in [1.165, 1.54) is 59.1 Å². The molecule has 4 unspecified atom stereocenters. The number of allylic oxidation sites excluding steroid dienone is 7. The van der Waals surface area contributed by atoms with Crippen molar-refractivity contribution in [3.05, 3.63) is 199 Å². The molecule has 0 saturated heterocycles. The Bertz CT molecular complexity index is 3090. The molecule has 12 rings (SSSR count). The number of benzene rings is 6. The molecule has 3 nitrogen and oxygen atoms in total. The van der Waals surface area contributed by atoms with Crippen LogP contribution in [0.25, 0.3) is 52.9 Å². The summed E-state index contributed by atoms with van der Waals surface area (Å²) in [6.07, 6.45) is 27.5. The van der Waals surface area contributed by atoms with Crippen molar-refractivity contribution in [1.29, 1.82) is 0 Å². The maximum atomic E-state index is 6.51. The smallest absolute Gasteiger partial charge is 0.137 e. The van der Waals surface area contributed by atoms with Crippen molar-refractivity contribution in [2.75, 3.05) is 9.80 Å². The van der Waals surface area contributed by atoms with E-state index in [1.54, 1.807) is 0 Å². The molecular weight excluding hydrogens is 701 g/mol. The minimum absolute atomic E-state index is 0.217. The predicted molar refractivity (Wildman–Crippen MR) is 238 cm³/mol. The van der Waals surface area contributed by atoms with Crippen LogP contribution >= 0.6 is 11.3 Å². The Labute approximate surface area is 329 Å². The number of nitrogens with zero attached hydrogens (tertiary/aromatic N) is 2. The zero-order chi connectivity index (χ0) is 36.7. The van der Waals surface area contributed by atoms with Crippen molar-refractivity contribution in [3.63, 3.8) is 0 Å². The summed E-state index contributed by atoms with van der Waals surface area (Å²) in [5.41, 5.74) is 9.39. The summed E-state index contributed by atoms with van der Waals surface area (Å²) in [7, 11) is 0. The topological polar surface area (TPSA) is 19.6 Å². The Hall–Kier alpha value is -6.36. The first-order valence-corrected chi connectivity index (χ1v) is 20.6. The maximum absolute atomic E-state index is 6.51. The Morgan fingerprint density at radius 3 is 2.34 bits per heavy atom. The molecule has 0 saturated carbocycles. The van der Waals surface area contributed by atoms with Gasteiger partial charge in [-0.15, -0.1) is 11.3 Å². The van der Waals surface area contributed by atoms with Crippen LogP contribution in [-0.2, 0) is 0 Å². The monoisotopic (exact) mass is 738 g/mol. The third kappa shape index (κ3) is 4.89. The first-order valence-electron chi connectivity index (χ1n) is 19.8. The number of thiophene rings is 1. The van der Waals surface area contributed by atoms with Gasteiger partial charge in [0.2, 0.25) is 0 Å². The number of rotatable bonds is 5. The van der Waals surface area contributed by atoms with E-state index in [-0.39, 0.29) is 5.92 Å². The maximum Gasteiger partial charge on any atom is 0.137 e. The van der Waals surface area contributed by atoms with Gasteiger partial charge in [-0.3, -0.25) is 0 Å². The molecule has 0 amide bonds. The van der Waals surface area contributed by atoms with E-state index in [1.807, 2.05) is 17.4 Å². The lowest BCUT2D eigenvalue weighted by atomic mass is 9.87. The summed E-state index contributed by atoms with van der Waals surface area (Å²) < 4.78 is 9.12. The Morgan fingerprint density at radius 1 is 0.625 bits per heavy atom. The molecule has 4 atom stereocenters. The van der Waals surface area contributed by atoms with E-state index in [2.05, 4.69) is 186 Å². The van der Waals surface area contributed by atoms with Crippen LogP contribution < -0.4 is 9.80 Å². The lowest BCUT2D eigenvalue weighted by Gasteiger charge is -2.35. The lowest BCUT2D eigenvalue weighted by molar-refractivity contribution is 0.613. The van der Waals surface area contributed by atoms with Gasteiger partial charge in [0.05, 0.1) is 17.8 Å². The van der Waals surface area contributed by atoms with Crippen molar-refractivity contribution in [2.45, 2.75) is 36.8 Å². The zero-order valence-electron chi connectivity index (χ0n) is 30.8. The third-order valence-corrected chi connectivity index (χ3v) is 13.5. The zero-order valence-corrected chi connectivity index (χ0v) is 31.6. The summed E-state index contributed by atoms with van der Waals surface area (Å²) in [5, 5.41) is 7.44. The van der Waals surface area contributed by atoms with E-state index in [0.717, 1.165) is 40.5 Å². The average molecular weight is 739 g/mol. The normalized spacial score (nSPS) is 21.1. The first kappa shape index (κ1) is 31.9. The standard InChI is InChI=1S/C52H38N2OS/c1-2-14-35(15-3-1)54-45-22-9-6-17-38(45)40-27-25-34(30-46(40)54)33-13-12-16-36(29-33)53(37-26-28-42-41-19-7-10-23-48(41)55-49(42)31-37)47-32-51-52(43-20-5-4-18-39(43)47)44-21-8-11-24-50(44)56-51/h1-12,14,16-33,35,38,45H,13,15H2. The minimum Gasteiger partial charge on any atom is -0.456 e. The van der Waals surface area contributed by atoms with Crippen LogP contribution in [0.4, 0.5) is 17.1 Å². The number of anilines is 3. The highest BCUT2D eigenvalue weighted by atomic mass is 32.1. The highest BCUT2D eigenvalue weighted by molar-refractivity contribution is 7.26. The molecule has 0 radical (unpaired) electrons. The van der Waals surface area contributed by atoms with Crippen molar-refractivity contribution in [3.8, 4) is 0 Å². The van der Waals surface area contributed by atoms with Gasteiger partial charge in [-0.1, -0.05) is 134 Å². The third-order valence-electron chi connectivity index (χ3n) is 12.4. The summed E-state index contributed by atoms with van der Waals surface area (Å²) in [6, 6.07) is 43.3. The number of hydrogen-bond acceptors (Lipinski definition) is 4. The van der Waals surface area contributed by atoms with Crippen LogP contribution in [0, 0.1) is 0 Å². The fraction of sp³-hybridized carbons (Fsp3) is 0.115. The quantitative estimate of drug-likeness (QED) is 0.175. The summed E-state index contributed by atoms with van der Waals surface area (Å²) in [6.45, 7) is 0. The van der Waals surface area contributed by atoms with Gasteiger partial charge in [0.15, 0.2) is 0 Å². The van der Waals surface area contributed by atoms with E-state index < -0.39 is 0 Å². The number of hydrogen-bond donors (Lipinski definition) is 0. The molecule has 268 valence electrons. The van der Waals surface area contributed by atoms with Crippen molar-refractivity contribution >= 4 is 81.3 Å². The molecule has 56 heavy (non-hydrogen) atoms. The van der Waals surface area contributed by atoms with Gasteiger partial charge in [0.25, 0.3) is 0 Å². The van der Waals surface area contributed by atoms with Gasteiger partial charge >= 0.3 is 0 Å². The number of fused-ring (bicyclic) bond motifs is 11.